The number of aromatic nitrogens is 1. The summed E-state index contributed by atoms with van der Waals surface area (Å²) in [6.07, 6.45) is 1.79. The number of urea groups is 1. The van der Waals surface area contributed by atoms with Crippen LogP contribution in [0.4, 0.5) is 4.79 Å². The number of pyridine rings is 1. The van der Waals surface area contributed by atoms with Gasteiger partial charge in [0.05, 0.1) is 12.1 Å². The summed E-state index contributed by atoms with van der Waals surface area (Å²) in [5.41, 5.74) is -0.594. The lowest BCUT2D eigenvalue weighted by atomic mass is 9.99. The monoisotopic (exact) mass is 294 g/mol. The van der Waals surface area contributed by atoms with Crippen LogP contribution in [-0.2, 0) is 4.79 Å². The predicted molar refractivity (Wildman–Crippen MR) is 69.2 cm³/mol. The third-order valence-corrected chi connectivity index (χ3v) is 3.77. The van der Waals surface area contributed by atoms with Gasteiger partial charge in [0.25, 0.3) is 11.8 Å². The van der Waals surface area contributed by atoms with Crippen LogP contribution in [-0.4, -0.2) is 46.4 Å². The van der Waals surface area contributed by atoms with Gasteiger partial charge in [0.15, 0.2) is 0 Å². The van der Waals surface area contributed by atoms with Crippen molar-refractivity contribution in [2.24, 2.45) is 0 Å². The molecule has 2 saturated heterocycles. The molecule has 104 valence electrons. The lowest BCUT2D eigenvalue weighted by Gasteiger charge is -2.21. The highest BCUT2D eigenvalue weighted by atomic mass is 35.5. The Morgan fingerprint density at radius 2 is 2.20 bits per heavy atom. The maximum atomic E-state index is 12.3. The van der Waals surface area contributed by atoms with Gasteiger partial charge in [0, 0.05) is 12.7 Å². The third kappa shape index (κ3) is 2.00. The second-order valence-corrected chi connectivity index (χ2v) is 5.22. The molecule has 0 radical (unpaired) electrons. The second-order valence-electron chi connectivity index (χ2n) is 4.84. The normalized spacial score (nSPS) is 24.9. The highest BCUT2D eigenvalue weighted by Gasteiger charge is 2.51. The van der Waals surface area contributed by atoms with Crippen molar-refractivity contribution in [2.45, 2.75) is 12.0 Å². The standard InChI is InChI=1S/C12H11ClN4O3/c13-8-2-1-7(5-14-8)9(18)17-4-3-12(6-17)10(19)15-11(20)16-12/h1-2,5H,3-4,6H2,(H2,15,16,19,20). The summed E-state index contributed by atoms with van der Waals surface area (Å²) in [6.45, 7) is 0.557. The van der Waals surface area contributed by atoms with Crippen LogP contribution in [0, 0.1) is 0 Å². The Kier molecular flexibility index (Phi) is 2.86. The van der Waals surface area contributed by atoms with Crippen molar-refractivity contribution in [3.05, 3.63) is 29.0 Å². The molecule has 1 aromatic heterocycles. The molecule has 2 N–H and O–H groups in total. The first-order valence-electron chi connectivity index (χ1n) is 6.05. The minimum atomic E-state index is -0.993. The van der Waals surface area contributed by atoms with E-state index in [0.717, 1.165) is 0 Å². The number of nitrogens with zero attached hydrogens (tertiary/aromatic N) is 2. The van der Waals surface area contributed by atoms with E-state index in [1.54, 1.807) is 6.07 Å². The van der Waals surface area contributed by atoms with E-state index in [1.165, 1.54) is 17.2 Å². The number of hydrogen-bond donors (Lipinski definition) is 2. The summed E-state index contributed by atoms with van der Waals surface area (Å²) in [5.74, 6) is -0.618. The van der Waals surface area contributed by atoms with E-state index < -0.39 is 11.6 Å². The number of hydrogen-bond acceptors (Lipinski definition) is 4. The van der Waals surface area contributed by atoms with E-state index in [-0.39, 0.29) is 18.4 Å². The van der Waals surface area contributed by atoms with E-state index in [0.29, 0.717) is 23.7 Å². The van der Waals surface area contributed by atoms with Crippen molar-refractivity contribution in [3.8, 4) is 0 Å². The average Bonchev–Trinajstić information content (AvgIpc) is 2.95. The van der Waals surface area contributed by atoms with Gasteiger partial charge in [-0.1, -0.05) is 11.6 Å². The highest BCUT2D eigenvalue weighted by molar-refractivity contribution is 6.29. The van der Waals surface area contributed by atoms with Gasteiger partial charge in [-0.05, 0) is 18.6 Å². The average molecular weight is 295 g/mol. The van der Waals surface area contributed by atoms with E-state index in [9.17, 15) is 14.4 Å². The van der Waals surface area contributed by atoms with Gasteiger partial charge >= 0.3 is 6.03 Å². The summed E-state index contributed by atoms with van der Waals surface area (Å²) in [6, 6.07) is 2.60. The largest absolute Gasteiger partial charge is 0.336 e. The van der Waals surface area contributed by atoms with Gasteiger partial charge in [-0.25, -0.2) is 9.78 Å². The number of carbonyl (C=O) groups excluding carboxylic acids is 3. The van der Waals surface area contributed by atoms with Gasteiger partial charge in [0.1, 0.15) is 10.7 Å². The Balaban J connectivity index is 1.77. The zero-order chi connectivity index (χ0) is 14.3. The van der Waals surface area contributed by atoms with Crippen molar-refractivity contribution in [1.82, 2.24) is 20.5 Å². The first-order valence-corrected chi connectivity index (χ1v) is 6.42. The molecule has 0 aliphatic carbocycles. The van der Waals surface area contributed by atoms with Crippen LogP contribution < -0.4 is 10.6 Å². The number of amides is 4. The fourth-order valence-electron chi connectivity index (χ4n) is 2.48. The Hall–Kier alpha value is -2.15. The van der Waals surface area contributed by atoms with Gasteiger partial charge < -0.3 is 10.2 Å². The van der Waals surface area contributed by atoms with Crippen LogP contribution in [0.5, 0.6) is 0 Å². The minimum absolute atomic E-state index is 0.159. The van der Waals surface area contributed by atoms with Crippen LogP contribution in [0.25, 0.3) is 0 Å². The number of likely N-dealkylation sites (tertiary alicyclic amines) is 1. The van der Waals surface area contributed by atoms with Gasteiger partial charge in [0.2, 0.25) is 0 Å². The van der Waals surface area contributed by atoms with Crippen molar-refractivity contribution in [1.29, 1.82) is 0 Å². The molecule has 1 spiro atoms. The van der Waals surface area contributed by atoms with Crippen LogP contribution in [0.3, 0.4) is 0 Å². The molecule has 2 aliphatic rings. The first kappa shape index (κ1) is 12.9. The molecule has 1 unspecified atom stereocenters. The number of rotatable bonds is 1. The molecule has 3 rings (SSSR count). The molecular formula is C12H11ClN4O3. The van der Waals surface area contributed by atoms with Gasteiger partial charge in [-0.3, -0.25) is 14.9 Å². The highest BCUT2D eigenvalue weighted by Crippen LogP contribution is 2.25. The molecule has 4 amide bonds. The molecule has 0 saturated carbocycles. The number of halogens is 1. The number of imide groups is 1. The van der Waals surface area contributed by atoms with Crippen LogP contribution in [0.1, 0.15) is 16.8 Å². The Morgan fingerprint density at radius 1 is 1.40 bits per heavy atom. The Labute approximate surface area is 119 Å². The summed E-state index contributed by atoms with van der Waals surface area (Å²) in [5, 5.41) is 5.10. The second kappa shape index (κ2) is 4.45. The molecule has 20 heavy (non-hydrogen) atoms. The summed E-state index contributed by atoms with van der Waals surface area (Å²) in [7, 11) is 0. The minimum Gasteiger partial charge on any atom is -0.336 e. The maximum absolute atomic E-state index is 12.3. The Bertz CT molecular complexity index is 603. The molecule has 8 heteroatoms. The lowest BCUT2D eigenvalue weighted by molar-refractivity contribution is -0.123. The Morgan fingerprint density at radius 3 is 2.80 bits per heavy atom. The molecule has 3 heterocycles. The van der Waals surface area contributed by atoms with Crippen molar-refractivity contribution >= 4 is 29.4 Å². The fourth-order valence-corrected chi connectivity index (χ4v) is 2.60. The third-order valence-electron chi connectivity index (χ3n) is 3.55. The molecule has 7 nitrogen and oxygen atoms in total. The fraction of sp³-hybridized carbons (Fsp3) is 0.333. The molecule has 2 aliphatic heterocycles. The summed E-state index contributed by atoms with van der Waals surface area (Å²) in [4.78, 5) is 40.7. The number of nitrogens with one attached hydrogen (secondary N) is 2. The topological polar surface area (TPSA) is 91.4 Å². The molecule has 0 bridgehead atoms. The van der Waals surface area contributed by atoms with E-state index in [2.05, 4.69) is 15.6 Å². The van der Waals surface area contributed by atoms with E-state index in [4.69, 9.17) is 11.6 Å². The zero-order valence-electron chi connectivity index (χ0n) is 10.4. The molecule has 1 aromatic rings. The molecule has 0 aromatic carbocycles. The summed E-state index contributed by atoms with van der Waals surface area (Å²) >= 11 is 5.67. The predicted octanol–water partition coefficient (Wildman–Crippen LogP) is 0.159. The van der Waals surface area contributed by atoms with Crippen LogP contribution in [0.2, 0.25) is 5.15 Å². The lowest BCUT2D eigenvalue weighted by Crippen LogP contribution is -2.49. The van der Waals surface area contributed by atoms with Crippen molar-refractivity contribution in [3.63, 3.8) is 0 Å². The van der Waals surface area contributed by atoms with E-state index in [1.807, 2.05) is 0 Å². The van der Waals surface area contributed by atoms with Gasteiger partial charge in [-0.2, -0.15) is 0 Å². The van der Waals surface area contributed by atoms with Gasteiger partial charge in [-0.15, -0.1) is 0 Å². The molecule has 2 fully saturated rings. The van der Waals surface area contributed by atoms with Crippen LogP contribution >= 0.6 is 11.6 Å². The molecule has 1 atom stereocenters. The quantitative estimate of drug-likeness (QED) is 0.570. The van der Waals surface area contributed by atoms with Crippen molar-refractivity contribution in [2.75, 3.05) is 13.1 Å². The summed E-state index contributed by atoms with van der Waals surface area (Å²) < 4.78 is 0. The smallest absolute Gasteiger partial charge is 0.322 e. The van der Waals surface area contributed by atoms with Crippen molar-refractivity contribution < 1.29 is 14.4 Å². The van der Waals surface area contributed by atoms with Crippen LogP contribution in [0.15, 0.2) is 18.3 Å². The number of carbonyl (C=O) groups is 3. The maximum Gasteiger partial charge on any atom is 0.322 e. The SMILES string of the molecule is O=C1NC(=O)C2(CCN(C(=O)c3ccc(Cl)nc3)C2)N1. The zero-order valence-corrected chi connectivity index (χ0v) is 11.1. The molecular weight excluding hydrogens is 284 g/mol. The van der Waals surface area contributed by atoms with E-state index >= 15 is 0 Å². The first-order chi connectivity index (χ1) is 9.50.